The fourth-order valence-electron chi connectivity index (χ4n) is 2.04. The normalized spacial score (nSPS) is 10.8. The van der Waals surface area contributed by atoms with Gasteiger partial charge in [0.15, 0.2) is 0 Å². The van der Waals surface area contributed by atoms with Gasteiger partial charge in [0.1, 0.15) is 5.75 Å². The monoisotopic (exact) mass is 289 g/mol. The first-order valence-corrected chi connectivity index (χ1v) is 6.43. The van der Waals surface area contributed by atoms with Crippen LogP contribution in [-0.4, -0.2) is 15.1 Å². The van der Waals surface area contributed by atoms with Crippen LogP contribution in [0.25, 0.3) is 11.0 Å². The molecule has 0 radical (unpaired) electrons. The smallest absolute Gasteiger partial charge is 0.323 e. The van der Waals surface area contributed by atoms with Crippen molar-refractivity contribution in [2.75, 3.05) is 5.32 Å². The fourth-order valence-corrected chi connectivity index (χ4v) is 2.24. The molecule has 0 saturated carbocycles. The first-order chi connectivity index (χ1) is 9.63. The molecule has 4 N–H and O–H groups in total. The Morgan fingerprint density at radius 2 is 1.95 bits per heavy atom. The molecule has 0 spiro atoms. The van der Waals surface area contributed by atoms with Gasteiger partial charge in [0.05, 0.1) is 16.1 Å². The van der Waals surface area contributed by atoms with E-state index in [0.29, 0.717) is 17.1 Å². The Balaban J connectivity index is 1.82. The van der Waals surface area contributed by atoms with Crippen molar-refractivity contribution in [3.8, 4) is 5.75 Å². The number of phenols is 1. The second-order valence-corrected chi connectivity index (χ2v) is 4.85. The zero-order valence-electron chi connectivity index (χ0n) is 10.4. The number of rotatable bonds is 3. The van der Waals surface area contributed by atoms with E-state index in [4.69, 9.17) is 11.6 Å². The molecule has 0 aliphatic carbocycles. The Morgan fingerprint density at radius 1 is 1.15 bits per heavy atom. The molecule has 0 unspecified atom stereocenters. The highest BCUT2D eigenvalue weighted by atomic mass is 35.5. The number of halogens is 1. The van der Waals surface area contributed by atoms with Crippen LogP contribution in [0.15, 0.2) is 41.2 Å². The lowest BCUT2D eigenvalue weighted by molar-refractivity contribution is 0.469. The molecular formula is C14H12ClN3O2. The van der Waals surface area contributed by atoms with Crippen LogP contribution in [0.1, 0.15) is 5.56 Å². The third-order valence-electron chi connectivity index (χ3n) is 3.07. The molecule has 0 atom stereocenters. The van der Waals surface area contributed by atoms with Gasteiger partial charge in [-0.1, -0.05) is 23.7 Å². The van der Waals surface area contributed by atoms with Crippen molar-refractivity contribution in [1.29, 1.82) is 0 Å². The zero-order valence-corrected chi connectivity index (χ0v) is 11.2. The van der Waals surface area contributed by atoms with Gasteiger partial charge in [-0.15, -0.1) is 0 Å². The second-order valence-electron chi connectivity index (χ2n) is 4.44. The quantitative estimate of drug-likeness (QED) is 0.598. The number of aromatic nitrogens is 2. The zero-order chi connectivity index (χ0) is 14.1. The number of aromatic amines is 2. The van der Waals surface area contributed by atoms with Crippen LogP contribution in [0.3, 0.4) is 0 Å². The molecule has 3 aromatic rings. The minimum atomic E-state index is -0.232. The van der Waals surface area contributed by atoms with Gasteiger partial charge in [-0.25, -0.2) is 4.79 Å². The lowest BCUT2D eigenvalue weighted by Gasteiger charge is -2.09. The van der Waals surface area contributed by atoms with E-state index >= 15 is 0 Å². The molecule has 0 aliphatic rings. The molecule has 2 aromatic carbocycles. The molecule has 0 fully saturated rings. The number of benzene rings is 2. The van der Waals surface area contributed by atoms with Gasteiger partial charge >= 0.3 is 5.69 Å². The van der Waals surface area contributed by atoms with Crippen LogP contribution in [0, 0.1) is 0 Å². The van der Waals surface area contributed by atoms with Crippen molar-refractivity contribution in [2.24, 2.45) is 0 Å². The minimum absolute atomic E-state index is 0.0813. The molecule has 0 saturated heterocycles. The molecule has 1 aromatic heterocycles. The van der Waals surface area contributed by atoms with E-state index in [1.54, 1.807) is 18.2 Å². The number of phenolic OH excluding ortho intramolecular Hbond substituents is 1. The molecular weight excluding hydrogens is 278 g/mol. The van der Waals surface area contributed by atoms with E-state index in [1.807, 2.05) is 18.2 Å². The van der Waals surface area contributed by atoms with Crippen LogP contribution in [-0.2, 0) is 6.54 Å². The highest BCUT2D eigenvalue weighted by molar-refractivity contribution is 6.32. The molecule has 6 heteroatoms. The SMILES string of the molecule is O=c1[nH]c2ccc(NCc3cccc(Cl)c3O)cc2[nH]1. The summed E-state index contributed by atoms with van der Waals surface area (Å²) in [5, 5.41) is 13.3. The van der Waals surface area contributed by atoms with Gasteiger partial charge in [-0.2, -0.15) is 0 Å². The third-order valence-corrected chi connectivity index (χ3v) is 3.37. The highest BCUT2D eigenvalue weighted by Crippen LogP contribution is 2.27. The average molecular weight is 290 g/mol. The van der Waals surface area contributed by atoms with Crippen LogP contribution >= 0.6 is 11.6 Å². The maximum Gasteiger partial charge on any atom is 0.323 e. The Bertz CT molecular complexity index is 823. The topological polar surface area (TPSA) is 80.9 Å². The maximum atomic E-state index is 11.2. The van der Waals surface area contributed by atoms with Crippen molar-refractivity contribution in [2.45, 2.75) is 6.54 Å². The summed E-state index contributed by atoms with van der Waals surface area (Å²) in [5.74, 6) is 0.0813. The van der Waals surface area contributed by atoms with Crippen molar-refractivity contribution >= 4 is 28.3 Å². The van der Waals surface area contributed by atoms with E-state index < -0.39 is 0 Å². The van der Waals surface area contributed by atoms with Crippen molar-refractivity contribution in [1.82, 2.24) is 9.97 Å². The molecule has 102 valence electrons. The summed E-state index contributed by atoms with van der Waals surface area (Å²) < 4.78 is 0. The van der Waals surface area contributed by atoms with Gasteiger partial charge in [-0.05, 0) is 24.3 Å². The van der Waals surface area contributed by atoms with Gasteiger partial charge in [0.25, 0.3) is 0 Å². The van der Waals surface area contributed by atoms with E-state index in [0.717, 1.165) is 16.7 Å². The molecule has 0 amide bonds. The molecule has 1 heterocycles. The maximum absolute atomic E-state index is 11.2. The van der Waals surface area contributed by atoms with E-state index in [1.165, 1.54) is 0 Å². The molecule has 3 rings (SSSR count). The Kier molecular flexibility index (Phi) is 3.12. The van der Waals surface area contributed by atoms with Crippen LogP contribution < -0.4 is 11.0 Å². The number of imidazole rings is 1. The van der Waals surface area contributed by atoms with Crippen molar-refractivity contribution in [3.63, 3.8) is 0 Å². The van der Waals surface area contributed by atoms with Gasteiger partial charge in [0.2, 0.25) is 0 Å². The van der Waals surface area contributed by atoms with Gasteiger partial charge in [0, 0.05) is 17.8 Å². The Hall–Kier alpha value is -2.40. The molecule has 5 nitrogen and oxygen atoms in total. The lowest BCUT2D eigenvalue weighted by atomic mass is 10.2. The molecule has 0 bridgehead atoms. The number of hydrogen-bond donors (Lipinski definition) is 4. The summed E-state index contributed by atoms with van der Waals surface area (Å²) in [4.78, 5) is 16.6. The van der Waals surface area contributed by atoms with Gasteiger partial charge < -0.3 is 20.4 Å². The first-order valence-electron chi connectivity index (χ1n) is 6.06. The van der Waals surface area contributed by atoms with Crippen molar-refractivity contribution < 1.29 is 5.11 Å². The number of aromatic hydroxyl groups is 1. The summed E-state index contributed by atoms with van der Waals surface area (Å²) in [7, 11) is 0. The predicted molar refractivity (Wildman–Crippen MR) is 79.4 cm³/mol. The van der Waals surface area contributed by atoms with Gasteiger partial charge in [-0.3, -0.25) is 0 Å². The average Bonchev–Trinajstić information content (AvgIpc) is 2.79. The van der Waals surface area contributed by atoms with Crippen LogP contribution in [0.4, 0.5) is 5.69 Å². The summed E-state index contributed by atoms with van der Waals surface area (Å²) in [5.41, 5.74) is 2.80. The van der Waals surface area contributed by atoms with E-state index in [2.05, 4.69) is 15.3 Å². The fraction of sp³-hybridized carbons (Fsp3) is 0.0714. The number of fused-ring (bicyclic) bond motifs is 1. The standard InChI is InChI=1S/C14H12ClN3O2/c15-10-3-1-2-8(13(10)19)7-16-9-4-5-11-12(6-9)18-14(20)17-11/h1-6,16,19H,7H2,(H2,17,18,20). The lowest BCUT2D eigenvalue weighted by Crippen LogP contribution is -2.00. The molecule has 20 heavy (non-hydrogen) atoms. The Labute approximate surface area is 119 Å². The minimum Gasteiger partial charge on any atom is -0.506 e. The third kappa shape index (κ3) is 2.35. The van der Waals surface area contributed by atoms with Crippen LogP contribution in [0.5, 0.6) is 5.75 Å². The summed E-state index contributed by atoms with van der Waals surface area (Å²) in [6, 6.07) is 10.7. The Morgan fingerprint density at radius 3 is 2.80 bits per heavy atom. The number of nitrogens with one attached hydrogen (secondary N) is 3. The second kappa shape index (κ2) is 4.94. The van der Waals surface area contributed by atoms with Crippen molar-refractivity contribution in [3.05, 3.63) is 57.5 Å². The first kappa shape index (κ1) is 12.6. The highest BCUT2D eigenvalue weighted by Gasteiger charge is 2.05. The summed E-state index contributed by atoms with van der Waals surface area (Å²) in [6.07, 6.45) is 0. The van der Waals surface area contributed by atoms with E-state index in [9.17, 15) is 9.90 Å². The largest absolute Gasteiger partial charge is 0.506 e. The number of anilines is 1. The number of hydrogen-bond acceptors (Lipinski definition) is 3. The number of H-pyrrole nitrogens is 2. The van der Waals surface area contributed by atoms with E-state index in [-0.39, 0.29) is 11.4 Å². The predicted octanol–water partition coefficient (Wildman–Crippen LogP) is 2.83. The number of para-hydroxylation sites is 1. The summed E-state index contributed by atoms with van der Waals surface area (Å²) in [6.45, 7) is 0.437. The molecule has 0 aliphatic heterocycles. The van der Waals surface area contributed by atoms with Crippen LogP contribution in [0.2, 0.25) is 5.02 Å². The summed E-state index contributed by atoms with van der Waals surface area (Å²) >= 11 is 5.85.